The predicted octanol–water partition coefficient (Wildman–Crippen LogP) is 1.19. The average Bonchev–Trinajstić information content (AvgIpc) is 3.13. The van der Waals surface area contributed by atoms with Gasteiger partial charge in [-0.3, -0.25) is 14.4 Å². The second kappa shape index (κ2) is 6.95. The molecule has 0 atom stereocenters. The van der Waals surface area contributed by atoms with Crippen molar-refractivity contribution in [2.45, 2.75) is 45.8 Å². The Morgan fingerprint density at radius 3 is 3.04 bits per heavy atom. The van der Waals surface area contributed by atoms with Gasteiger partial charge in [-0.25, -0.2) is 4.98 Å². The van der Waals surface area contributed by atoms with Crippen LogP contribution in [-0.2, 0) is 19.5 Å². The summed E-state index contributed by atoms with van der Waals surface area (Å²) < 4.78 is 1.98. The van der Waals surface area contributed by atoms with Gasteiger partial charge in [-0.15, -0.1) is 0 Å². The van der Waals surface area contributed by atoms with Crippen LogP contribution in [0.3, 0.4) is 0 Å². The van der Waals surface area contributed by atoms with Crippen LogP contribution < -0.4 is 5.32 Å². The Bertz CT molecular complexity index is 646. The average molecular weight is 316 g/mol. The summed E-state index contributed by atoms with van der Waals surface area (Å²) in [6.45, 7) is 7.78. The molecule has 3 heterocycles. The van der Waals surface area contributed by atoms with E-state index in [1.165, 1.54) is 0 Å². The number of carbonyl (C=O) groups excluding carboxylic acids is 1. The number of nitrogens with zero attached hydrogens (tertiary/aromatic N) is 4. The van der Waals surface area contributed by atoms with Crippen LogP contribution in [0.25, 0.3) is 0 Å². The van der Waals surface area contributed by atoms with Crippen LogP contribution in [0.15, 0.2) is 18.6 Å². The molecular formula is C16H24N6O. The first-order valence-electron chi connectivity index (χ1n) is 8.19. The van der Waals surface area contributed by atoms with Crippen molar-refractivity contribution in [3.05, 3.63) is 35.7 Å². The molecule has 0 aromatic carbocycles. The summed E-state index contributed by atoms with van der Waals surface area (Å²) in [5.74, 6) is -0.110. The van der Waals surface area contributed by atoms with E-state index < -0.39 is 0 Å². The Morgan fingerprint density at radius 1 is 1.43 bits per heavy atom. The fourth-order valence-corrected chi connectivity index (χ4v) is 2.86. The largest absolute Gasteiger partial charge is 0.350 e. The monoisotopic (exact) mass is 316 g/mol. The van der Waals surface area contributed by atoms with Gasteiger partial charge in [0, 0.05) is 50.5 Å². The van der Waals surface area contributed by atoms with Crippen molar-refractivity contribution < 1.29 is 4.79 Å². The molecule has 7 heteroatoms. The van der Waals surface area contributed by atoms with E-state index in [2.05, 4.69) is 39.1 Å². The van der Waals surface area contributed by atoms with Gasteiger partial charge < -0.3 is 10.3 Å². The van der Waals surface area contributed by atoms with E-state index >= 15 is 0 Å². The highest BCUT2D eigenvalue weighted by Crippen LogP contribution is 2.15. The molecule has 0 unspecified atom stereocenters. The van der Waals surface area contributed by atoms with E-state index in [9.17, 15) is 4.79 Å². The smallest absolute Gasteiger partial charge is 0.271 e. The molecule has 0 saturated heterocycles. The molecule has 1 amide bonds. The number of imidazole rings is 1. The Kier molecular flexibility index (Phi) is 4.76. The summed E-state index contributed by atoms with van der Waals surface area (Å²) >= 11 is 0. The molecule has 2 N–H and O–H groups in total. The highest BCUT2D eigenvalue weighted by molar-refractivity contribution is 5.92. The zero-order valence-corrected chi connectivity index (χ0v) is 13.7. The molecule has 0 fully saturated rings. The maximum Gasteiger partial charge on any atom is 0.271 e. The molecule has 7 nitrogen and oxygen atoms in total. The lowest BCUT2D eigenvalue weighted by molar-refractivity contribution is 0.0948. The number of aromatic nitrogens is 4. The number of H-pyrrole nitrogens is 1. The van der Waals surface area contributed by atoms with Crippen molar-refractivity contribution in [1.29, 1.82) is 0 Å². The summed E-state index contributed by atoms with van der Waals surface area (Å²) in [5.41, 5.74) is 2.64. The van der Waals surface area contributed by atoms with Gasteiger partial charge >= 0.3 is 0 Å². The molecular weight excluding hydrogens is 292 g/mol. The topological polar surface area (TPSA) is 78.8 Å². The third kappa shape index (κ3) is 3.79. The number of hydrogen-bond acceptors (Lipinski definition) is 4. The van der Waals surface area contributed by atoms with E-state index in [0.29, 0.717) is 18.3 Å². The fourth-order valence-electron chi connectivity index (χ4n) is 2.86. The van der Waals surface area contributed by atoms with Crippen molar-refractivity contribution in [2.75, 3.05) is 13.1 Å². The number of nitrogens with one attached hydrogen (secondary N) is 2. The SMILES string of the molecule is CC(C)N1CCCn2nc(C(=O)NCCc3cnc[nH]3)cc2C1. The van der Waals surface area contributed by atoms with Gasteiger partial charge in [0.2, 0.25) is 0 Å². The minimum Gasteiger partial charge on any atom is -0.350 e. The standard InChI is InChI=1S/C16H24N6O/c1-12(2)21-6-3-7-22-14(10-21)8-15(20-22)16(23)18-5-4-13-9-17-11-19-13/h8-9,11-12H,3-7,10H2,1-2H3,(H,17,19)(H,18,23). The Balaban J connectivity index is 1.60. The predicted molar refractivity (Wildman–Crippen MR) is 87.0 cm³/mol. The summed E-state index contributed by atoms with van der Waals surface area (Å²) in [5, 5.41) is 7.40. The number of rotatable bonds is 5. The molecule has 0 aliphatic carbocycles. The first kappa shape index (κ1) is 15.7. The molecule has 0 spiro atoms. The van der Waals surface area contributed by atoms with Crippen LogP contribution in [0.5, 0.6) is 0 Å². The zero-order valence-electron chi connectivity index (χ0n) is 13.7. The van der Waals surface area contributed by atoms with E-state index in [1.807, 2.05) is 10.7 Å². The molecule has 1 aliphatic rings. The van der Waals surface area contributed by atoms with Gasteiger partial charge in [0.1, 0.15) is 5.69 Å². The van der Waals surface area contributed by atoms with Gasteiger partial charge in [-0.1, -0.05) is 0 Å². The Hall–Kier alpha value is -2.15. The number of aryl methyl sites for hydroxylation is 1. The van der Waals surface area contributed by atoms with Gasteiger partial charge in [-0.2, -0.15) is 5.10 Å². The maximum atomic E-state index is 12.3. The lowest BCUT2D eigenvalue weighted by Gasteiger charge is -2.23. The molecule has 23 heavy (non-hydrogen) atoms. The van der Waals surface area contributed by atoms with Crippen LogP contribution >= 0.6 is 0 Å². The molecule has 2 aromatic heterocycles. The lowest BCUT2D eigenvalue weighted by atomic mass is 10.2. The third-order valence-electron chi connectivity index (χ3n) is 4.24. The minimum absolute atomic E-state index is 0.110. The first-order chi connectivity index (χ1) is 11.1. The third-order valence-corrected chi connectivity index (χ3v) is 4.24. The molecule has 1 aliphatic heterocycles. The normalized spacial score (nSPS) is 15.4. The van der Waals surface area contributed by atoms with E-state index in [-0.39, 0.29) is 5.91 Å². The van der Waals surface area contributed by atoms with Gasteiger partial charge in [0.15, 0.2) is 0 Å². The first-order valence-corrected chi connectivity index (χ1v) is 8.19. The van der Waals surface area contributed by atoms with E-state index in [0.717, 1.165) is 43.9 Å². The van der Waals surface area contributed by atoms with Crippen molar-refractivity contribution in [3.63, 3.8) is 0 Å². The summed E-state index contributed by atoms with van der Waals surface area (Å²) in [7, 11) is 0. The summed E-state index contributed by atoms with van der Waals surface area (Å²) in [6, 6.07) is 2.43. The maximum absolute atomic E-state index is 12.3. The van der Waals surface area contributed by atoms with Crippen LogP contribution in [0.2, 0.25) is 0 Å². The van der Waals surface area contributed by atoms with Gasteiger partial charge in [0.05, 0.1) is 12.0 Å². The molecule has 0 saturated carbocycles. The Labute approximate surface area is 136 Å². The van der Waals surface area contributed by atoms with Crippen molar-refractivity contribution in [3.8, 4) is 0 Å². The molecule has 0 bridgehead atoms. The number of fused-ring (bicyclic) bond motifs is 1. The molecule has 124 valence electrons. The second-order valence-electron chi connectivity index (χ2n) is 6.24. The van der Waals surface area contributed by atoms with Crippen LogP contribution in [0, 0.1) is 0 Å². The quantitative estimate of drug-likeness (QED) is 0.868. The van der Waals surface area contributed by atoms with Crippen LogP contribution in [0.4, 0.5) is 0 Å². The fraction of sp³-hybridized carbons (Fsp3) is 0.562. The molecule has 2 aromatic rings. The van der Waals surface area contributed by atoms with Crippen LogP contribution in [-0.4, -0.2) is 49.7 Å². The lowest BCUT2D eigenvalue weighted by Crippen LogP contribution is -2.30. The highest BCUT2D eigenvalue weighted by Gasteiger charge is 2.20. The van der Waals surface area contributed by atoms with Crippen molar-refractivity contribution >= 4 is 5.91 Å². The van der Waals surface area contributed by atoms with Crippen molar-refractivity contribution in [2.24, 2.45) is 0 Å². The van der Waals surface area contributed by atoms with E-state index in [4.69, 9.17) is 0 Å². The number of carbonyl (C=O) groups is 1. The number of hydrogen-bond donors (Lipinski definition) is 2. The summed E-state index contributed by atoms with van der Waals surface area (Å²) in [4.78, 5) is 21.7. The minimum atomic E-state index is -0.110. The van der Waals surface area contributed by atoms with Gasteiger partial charge in [0.25, 0.3) is 5.91 Å². The highest BCUT2D eigenvalue weighted by atomic mass is 16.1. The van der Waals surface area contributed by atoms with E-state index in [1.54, 1.807) is 12.5 Å². The molecule has 3 rings (SSSR count). The second-order valence-corrected chi connectivity index (χ2v) is 6.24. The molecule has 0 radical (unpaired) electrons. The van der Waals surface area contributed by atoms with Crippen molar-refractivity contribution in [1.82, 2.24) is 30.0 Å². The Morgan fingerprint density at radius 2 is 2.30 bits per heavy atom. The van der Waals surface area contributed by atoms with Gasteiger partial charge in [-0.05, 0) is 26.3 Å². The number of amides is 1. The van der Waals surface area contributed by atoms with Crippen LogP contribution in [0.1, 0.15) is 42.1 Å². The zero-order chi connectivity index (χ0) is 16.2. The number of aromatic amines is 1. The summed E-state index contributed by atoms with van der Waals surface area (Å²) in [6.07, 6.45) is 5.21.